The van der Waals surface area contributed by atoms with Gasteiger partial charge in [0.05, 0.1) is 6.54 Å². The van der Waals surface area contributed by atoms with Gasteiger partial charge in [-0.25, -0.2) is 9.79 Å². The maximum absolute atomic E-state index is 10.4. The van der Waals surface area contributed by atoms with Crippen LogP contribution >= 0.6 is 11.6 Å². The summed E-state index contributed by atoms with van der Waals surface area (Å²) >= 11 is 5.21. The van der Waals surface area contributed by atoms with Crippen LogP contribution in [0.2, 0.25) is 0 Å². The van der Waals surface area contributed by atoms with E-state index in [2.05, 4.69) is 11.9 Å². The quantitative estimate of drug-likeness (QED) is 0.272. The van der Waals surface area contributed by atoms with Crippen LogP contribution in [0.1, 0.15) is 39.0 Å². The normalized spacial score (nSPS) is 11.9. The number of hydrogen-bond acceptors (Lipinski definition) is 3. The Morgan fingerprint density at radius 3 is 2.64 bits per heavy atom. The van der Waals surface area contributed by atoms with Gasteiger partial charge in [-0.3, -0.25) is 4.79 Å². The molecular formula is C10H16ClNO2. The molecule has 0 aromatic rings. The summed E-state index contributed by atoms with van der Waals surface area (Å²) < 4.78 is 0. The summed E-state index contributed by atoms with van der Waals surface area (Å²) in [5.74, 6) is 0.563. The van der Waals surface area contributed by atoms with Gasteiger partial charge in [0.25, 0.3) is 0 Å². The number of nitrogens with zero attached hydrogens (tertiary/aromatic N) is 1. The third-order valence-corrected chi connectivity index (χ3v) is 2.29. The number of halogens is 1. The van der Waals surface area contributed by atoms with Gasteiger partial charge in [-0.1, -0.05) is 13.3 Å². The lowest BCUT2D eigenvalue weighted by Crippen LogP contribution is -1.97. The van der Waals surface area contributed by atoms with Crippen molar-refractivity contribution >= 4 is 22.9 Å². The van der Waals surface area contributed by atoms with Crippen molar-refractivity contribution < 1.29 is 9.59 Å². The maximum atomic E-state index is 10.4. The molecule has 0 heterocycles. The number of aliphatic imine (C=N–C) groups is 1. The van der Waals surface area contributed by atoms with E-state index in [0.717, 1.165) is 25.7 Å². The topological polar surface area (TPSA) is 46.5 Å². The first-order valence-corrected chi connectivity index (χ1v) is 5.26. The summed E-state index contributed by atoms with van der Waals surface area (Å²) in [6, 6.07) is 0. The third kappa shape index (κ3) is 9.43. The van der Waals surface area contributed by atoms with E-state index in [9.17, 15) is 9.59 Å². The molecule has 0 bridgehead atoms. The summed E-state index contributed by atoms with van der Waals surface area (Å²) in [5.41, 5.74) is 0. The molecule has 0 saturated carbocycles. The Kier molecular flexibility index (Phi) is 8.50. The van der Waals surface area contributed by atoms with Gasteiger partial charge < -0.3 is 0 Å². The van der Waals surface area contributed by atoms with E-state index >= 15 is 0 Å². The minimum atomic E-state index is -0.261. The summed E-state index contributed by atoms with van der Waals surface area (Å²) in [6.07, 6.45) is 5.76. The third-order valence-electron chi connectivity index (χ3n) is 2.10. The Morgan fingerprint density at radius 1 is 1.43 bits per heavy atom. The van der Waals surface area contributed by atoms with Crippen LogP contribution in [0.5, 0.6) is 0 Å². The molecule has 0 aliphatic carbocycles. The van der Waals surface area contributed by atoms with E-state index in [1.807, 2.05) is 0 Å². The van der Waals surface area contributed by atoms with Crippen LogP contribution in [0.15, 0.2) is 4.99 Å². The van der Waals surface area contributed by atoms with Crippen LogP contribution in [0.3, 0.4) is 0 Å². The number of carbonyl (C=O) groups excluding carboxylic acids is 2. The molecule has 0 aromatic carbocycles. The van der Waals surface area contributed by atoms with Gasteiger partial charge in [-0.2, -0.15) is 0 Å². The number of carbonyl (C=O) groups is 1. The van der Waals surface area contributed by atoms with E-state index in [1.54, 1.807) is 0 Å². The van der Waals surface area contributed by atoms with Crippen LogP contribution in [0.25, 0.3) is 0 Å². The van der Waals surface area contributed by atoms with Gasteiger partial charge in [0.15, 0.2) is 0 Å². The first-order valence-electron chi connectivity index (χ1n) is 4.88. The van der Waals surface area contributed by atoms with Crippen molar-refractivity contribution in [2.45, 2.75) is 39.0 Å². The van der Waals surface area contributed by atoms with Gasteiger partial charge in [0.2, 0.25) is 11.3 Å². The first kappa shape index (κ1) is 13.3. The summed E-state index contributed by atoms with van der Waals surface area (Å²) in [5, 5.41) is -0.261. The van der Waals surface area contributed by atoms with Crippen molar-refractivity contribution in [3.05, 3.63) is 0 Å². The average molecular weight is 218 g/mol. The first-order chi connectivity index (χ1) is 6.66. The van der Waals surface area contributed by atoms with Gasteiger partial charge in [0, 0.05) is 6.42 Å². The monoisotopic (exact) mass is 217 g/mol. The van der Waals surface area contributed by atoms with Crippen LogP contribution in [0.4, 0.5) is 0 Å². The zero-order valence-corrected chi connectivity index (χ0v) is 9.22. The van der Waals surface area contributed by atoms with Crippen molar-refractivity contribution in [3.63, 3.8) is 0 Å². The molecule has 80 valence electrons. The molecule has 0 amide bonds. The molecule has 14 heavy (non-hydrogen) atoms. The second-order valence-corrected chi connectivity index (χ2v) is 3.89. The predicted molar refractivity (Wildman–Crippen MR) is 56.1 cm³/mol. The molecular weight excluding hydrogens is 202 g/mol. The van der Waals surface area contributed by atoms with Crippen LogP contribution in [-0.2, 0) is 9.59 Å². The molecule has 1 atom stereocenters. The Morgan fingerprint density at radius 2 is 2.07 bits per heavy atom. The molecule has 3 nitrogen and oxygen atoms in total. The lowest BCUT2D eigenvalue weighted by Gasteiger charge is -2.08. The van der Waals surface area contributed by atoms with E-state index in [-0.39, 0.29) is 5.24 Å². The van der Waals surface area contributed by atoms with Gasteiger partial charge in [0.1, 0.15) is 0 Å². The fourth-order valence-electron chi connectivity index (χ4n) is 1.30. The van der Waals surface area contributed by atoms with Crippen LogP contribution in [0, 0.1) is 5.92 Å². The van der Waals surface area contributed by atoms with Crippen molar-refractivity contribution in [1.29, 1.82) is 0 Å². The molecule has 1 unspecified atom stereocenters. The maximum Gasteiger partial charge on any atom is 0.234 e. The molecule has 0 aliphatic rings. The van der Waals surface area contributed by atoms with Gasteiger partial charge >= 0.3 is 0 Å². The number of rotatable bonds is 8. The summed E-state index contributed by atoms with van der Waals surface area (Å²) in [4.78, 5) is 23.7. The fraction of sp³-hybridized carbons (Fsp3) is 0.800. The van der Waals surface area contributed by atoms with Crippen LogP contribution in [-0.4, -0.2) is 17.9 Å². The largest absolute Gasteiger partial charge is 0.281 e. The standard InChI is InChI=1S/C10H16ClNO2/c1-9(4-2-6-10(11)14)5-3-7-12-8-13/h9H,2-7H2,1H3. The van der Waals surface area contributed by atoms with Gasteiger partial charge in [-0.05, 0) is 36.8 Å². The lowest BCUT2D eigenvalue weighted by atomic mass is 9.99. The number of isocyanates is 1. The molecule has 0 spiro atoms. The Balaban J connectivity index is 3.31. The molecule has 0 fully saturated rings. The Hall–Kier alpha value is -0.660. The highest BCUT2D eigenvalue weighted by molar-refractivity contribution is 6.63. The highest BCUT2D eigenvalue weighted by Gasteiger charge is 2.03. The van der Waals surface area contributed by atoms with Crippen molar-refractivity contribution in [1.82, 2.24) is 0 Å². The molecule has 0 rings (SSSR count). The van der Waals surface area contributed by atoms with E-state index in [0.29, 0.717) is 18.9 Å². The van der Waals surface area contributed by atoms with Crippen LogP contribution < -0.4 is 0 Å². The van der Waals surface area contributed by atoms with E-state index < -0.39 is 0 Å². The molecule has 0 aromatic heterocycles. The lowest BCUT2D eigenvalue weighted by molar-refractivity contribution is -0.111. The van der Waals surface area contributed by atoms with Crippen molar-refractivity contribution in [3.8, 4) is 0 Å². The number of hydrogen-bond donors (Lipinski definition) is 0. The zero-order valence-electron chi connectivity index (χ0n) is 8.46. The average Bonchev–Trinajstić information content (AvgIpc) is 2.12. The SMILES string of the molecule is CC(CCCN=C=O)CCCC(=O)Cl. The fourth-order valence-corrected chi connectivity index (χ4v) is 1.43. The molecule has 0 radical (unpaired) electrons. The smallest absolute Gasteiger partial charge is 0.234 e. The second kappa shape index (κ2) is 8.92. The van der Waals surface area contributed by atoms with E-state index in [4.69, 9.17) is 11.6 Å². The Labute approximate surface area is 89.5 Å². The summed E-state index contributed by atoms with van der Waals surface area (Å²) in [7, 11) is 0. The Bertz CT molecular complexity index is 204. The highest BCUT2D eigenvalue weighted by Crippen LogP contribution is 2.14. The second-order valence-electron chi connectivity index (χ2n) is 3.47. The minimum absolute atomic E-state index is 0.261. The van der Waals surface area contributed by atoms with Gasteiger partial charge in [-0.15, -0.1) is 0 Å². The van der Waals surface area contributed by atoms with Crippen molar-refractivity contribution in [2.24, 2.45) is 10.9 Å². The van der Waals surface area contributed by atoms with E-state index in [1.165, 1.54) is 6.08 Å². The molecule has 0 saturated heterocycles. The highest BCUT2D eigenvalue weighted by atomic mass is 35.5. The predicted octanol–water partition coefficient (Wildman–Crippen LogP) is 2.67. The molecule has 0 aliphatic heterocycles. The summed E-state index contributed by atoms with van der Waals surface area (Å²) in [6.45, 7) is 2.69. The molecule has 0 N–H and O–H groups in total. The molecule has 4 heteroatoms. The minimum Gasteiger partial charge on any atom is -0.281 e. The zero-order chi connectivity index (χ0) is 10.8. The van der Waals surface area contributed by atoms with Crippen molar-refractivity contribution in [2.75, 3.05) is 6.54 Å².